The first-order chi connectivity index (χ1) is 20.8. The number of aromatic amines is 1. The van der Waals surface area contributed by atoms with Gasteiger partial charge in [-0.15, -0.1) is 0 Å². The molecule has 43 heavy (non-hydrogen) atoms. The number of benzene rings is 3. The minimum Gasteiger partial charge on any atom is -0.357 e. The Morgan fingerprint density at radius 2 is 1.84 bits per heavy atom. The quantitative estimate of drug-likeness (QED) is 0.212. The molecule has 0 saturated carbocycles. The number of carbonyl (C=O) groups is 3. The number of aryl methyl sites for hydroxylation is 1. The summed E-state index contributed by atoms with van der Waals surface area (Å²) < 4.78 is 1.91. The van der Waals surface area contributed by atoms with Crippen LogP contribution in [0.25, 0.3) is 10.8 Å². The van der Waals surface area contributed by atoms with E-state index in [2.05, 4.69) is 29.1 Å². The molecule has 1 aliphatic heterocycles. The summed E-state index contributed by atoms with van der Waals surface area (Å²) in [5.41, 5.74) is 5.92. The number of nitrogens with one attached hydrogen (secondary N) is 3. The molecule has 0 radical (unpaired) electrons. The number of nitrogens with zero attached hydrogens (tertiary/aromatic N) is 3. The van der Waals surface area contributed by atoms with Crippen molar-refractivity contribution in [3.05, 3.63) is 125 Å². The van der Waals surface area contributed by atoms with Crippen molar-refractivity contribution in [3.8, 4) is 0 Å². The molecule has 3 N–H and O–H groups in total. The van der Waals surface area contributed by atoms with Gasteiger partial charge in [0, 0.05) is 41.3 Å². The monoisotopic (exact) mass is 572 g/mol. The van der Waals surface area contributed by atoms with Crippen LogP contribution in [0.1, 0.15) is 56.2 Å². The Morgan fingerprint density at radius 3 is 2.60 bits per heavy atom. The molecule has 6 rings (SSSR count). The topological polar surface area (TPSA) is 112 Å². The highest BCUT2D eigenvalue weighted by atomic mass is 16.2. The molecular weight excluding hydrogens is 540 g/mol. The van der Waals surface area contributed by atoms with Gasteiger partial charge >= 0.3 is 0 Å². The van der Waals surface area contributed by atoms with Crippen molar-refractivity contribution >= 4 is 39.9 Å². The maximum absolute atomic E-state index is 13.7. The normalized spacial score (nSPS) is 14.3. The fourth-order valence-electron chi connectivity index (χ4n) is 5.82. The smallest absolute Gasteiger partial charge is 0.276 e. The first kappa shape index (κ1) is 27.7. The highest BCUT2D eigenvalue weighted by molar-refractivity contribution is 6.04. The number of carbonyl (C=O) groups excluding carboxylic acids is 3. The summed E-state index contributed by atoms with van der Waals surface area (Å²) in [5, 5.41) is 12.7. The van der Waals surface area contributed by atoms with Gasteiger partial charge in [0.1, 0.15) is 5.69 Å². The fraction of sp³-hybridized carbons (Fsp3) is 0.176. The van der Waals surface area contributed by atoms with Crippen LogP contribution < -0.4 is 10.6 Å². The zero-order valence-corrected chi connectivity index (χ0v) is 24.1. The number of hydrogen-bond donors (Lipinski definition) is 3. The molecule has 5 aromatic rings. The molecule has 0 aliphatic carbocycles. The van der Waals surface area contributed by atoms with Crippen molar-refractivity contribution < 1.29 is 14.4 Å². The molecule has 3 heterocycles. The molecule has 1 atom stereocenters. The van der Waals surface area contributed by atoms with E-state index in [4.69, 9.17) is 5.10 Å². The second-order valence-electron chi connectivity index (χ2n) is 10.9. The molecule has 1 aliphatic rings. The molecule has 0 unspecified atom stereocenters. The summed E-state index contributed by atoms with van der Waals surface area (Å²) >= 11 is 0. The molecule has 3 amide bonds. The van der Waals surface area contributed by atoms with Crippen LogP contribution >= 0.6 is 0 Å². The van der Waals surface area contributed by atoms with Gasteiger partial charge in [-0.25, -0.2) is 0 Å². The van der Waals surface area contributed by atoms with Crippen molar-refractivity contribution in [2.45, 2.75) is 32.9 Å². The van der Waals surface area contributed by atoms with E-state index in [1.54, 1.807) is 23.2 Å². The van der Waals surface area contributed by atoms with Crippen LogP contribution in [-0.4, -0.2) is 43.9 Å². The van der Waals surface area contributed by atoms with E-state index < -0.39 is 0 Å². The van der Waals surface area contributed by atoms with Crippen molar-refractivity contribution in [3.63, 3.8) is 0 Å². The van der Waals surface area contributed by atoms with Gasteiger partial charge in [0.05, 0.1) is 13.1 Å². The molecule has 216 valence electrons. The third kappa shape index (κ3) is 5.57. The maximum atomic E-state index is 13.7. The number of aromatic nitrogens is 3. The van der Waals surface area contributed by atoms with E-state index in [0.717, 1.165) is 33.2 Å². The number of rotatable bonds is 7. The summed E-state index contributed by atoms with van der Waals surface area (Å²) in [7, 11) is 0. The number of amides is 3. The van der Waals surface area contributed by atoms with E-state index in [1.165, 1.54) is 6.08 Å². The van der Waals surface area contributed by atoms with Gasteiger partial charge in [0.2, 0.25) is 5.91 Å². The Kier molecular flexibility index (Phi) is 7.38. The molecule has 3 aromatic carbocycles. The average Bonchev–Trinajstić information content (AvgIpc) is 3.66. The lowest BCUT2D eigenvalue weighted by Gasteiger charge is -2.32. The Morgan fingerprint density at radius 1 is 1.02 bits per heavy atom. The fourth-order valence-corrected chi connectivity index (χ4v) is 5.82. The summed E-state index contributed by atoms with van der Waals surface area (Å²) in [6.45, 7) is 8.75. The molecule has 0 spiro atoms. The SMILES string of the molecule is C=CC(=O)Nc1ccc2c(Cn3nc(C(=O)Nc4cccc(C)c4)c4c3[C@H](C)CN(C(=O)c3ccc[nH]3)C4)cccc2c1. The third-order valence-corrected chi connectivity index (χ3v) is 7.75. The predicted molar refractivity (Wildman–Crippen MR) is 167 cm³/mol. The van der Waals surface area contributed by atoms with Crippen molar-refractivity contribution in [2.75, 3.05) is 17.2 Å². The second-order valence-corrected chi connectivity index (χ2v) is 10.9. The van der Waals surface area contributed by atoms with Crippen LogP contribution in [0, 0.1) is 6.92 Å². The van der Waals surface area contributed by atoms with Gasteiger partial charge in [-0.05, 0) is 71.3 Å². The highest BCUT2D eigenvalue weighted by Gasteiger charge is 2.34. The van der Waals surface area contributed by atoms with Gasteiger partial charge < -0.3 is 20.5 Å². The first-order valence-electron chi connectivity index (χ1n) is 14.2. The Hall–Kier alpha value is -5.44. The minimum absolute atomic E-state index is 0.0635. The van der Waals surface area contributed by atoms with Gasteiger partial charge in [0.15, 0.2) is 5.69 Å². The zero-order valence-electron chi connectivity index (χ0n) is 24.1. The molecule has 9 nitrogen and oxygen atoms in total. The van der Waals surface area contributed by atoms with Crippen LogP contribution in [0.3, 0.4) is 0 Å². The summed E-state index contributed by atoms with van der Waals surface area (Å²) in [6, 6.07) is 22.9. The Balaban J connectivity index is 1.38. The largest absolute Gasteiger partial charge is 0.357 e. The van der Waals surface area contributed by atoms with E-state index in [-0.39, 0.29) is 30.2 Å². The van der Waals surface area contributed by atoms with Crippen molar-refractivity contribution in [2.24, 2.45) is 0 Å². The van der Waals surface area contributed by atoms with Gasteiger partial charge in [-0.2, -0.15) is 5.10 Å². The number of H-pyrrole nitrogens is 1. The number of hydrogen-bond acceptors (Lipinski definition) is 4. The second kappa shape index (κ2) is 11.4. The molecular formula is C34H32N6O3. The van der Waals surface area contributed by atoms with Crippen LogP contribution in [0.5, 0.6) is 0 Å². The van der Waals surface area contributed by atoms with E-state index in [0.29, 0.717) is 35.9 Å². The summed E-state index contributed by atoms with van der Waals surface area (Å²) in [4.78, 5) is 43.6. The first-order valence-corrected chi connectivity index (χ1v) is 14.2. The van der Waals surface area contributed by atoms with Crippen LogP contribution in [-0.2, 0) is 17.9 Å². The van der Waals surface area contributed by atoms with Crippen molar-refractivity contribution in [1.82, 2.24) is 19.7 Å². The maximum Gasteiger partial charge on any atom is 0.276 e. The van der Waals surface area contributed by atoms with E-state index in [1.807, 2.05) is 72.3 Å². The summed E-state index contributed by atoms with van der Waals surface area (Å²) in [5.74, 6) is -0.768. The number of anilines is 2. The standard InChI is InChI=1S/C34H32N6O3/c1-4-30(41)36-26-13-14-27-23(17-26)9-6-10-24(27)19-40-32-22(3)18-39(34(43)29-12-7-15-35-29)20-28(32)31(38-40)33(42)37-25-11-5-8-21(2)16-25/h4-17,22,35H,1,18-20H2,2-3H3,(H,36,41)(H,37,42)/t22-/m1/s1. The van der Waals surface area contributed by atoms with Crippen molar-refractivity contribution in [1.29, 1.82) is 0 Å². The van der Waals surface area contributed by atoms with E-state index in [9.17, 15) is 14.4 Å². The molecule has 9 heteroatoms. The van der Waals surface area contributed by atoms with Crippen LogP contribution in [0.15, 0.2) is 91.6 Å². The number of fused-ring (bicyclic) bond motifs is 2. The predicted octanol–water partition coefficient (Wildman–Crippen LogP) is 5.86. The summed E-state index contributed by atoms with van der Waals surface area (Å²) in [6.07, 6.45) is 2.97. The average molecular weight is 573 g/mol. The molecule has 2 aromatic heterocycles. The highest BCUT2D eigenvalue weighted by Crippen LogP contribution is 2.33. The minimum atomic E-state index is -0.317. The Labute approximate surface area is 249 Å². The van der Waals surface area contributed by atoms with Crippen LogP contribution in [0.2, 0.25) is 0 Å². The lowest BCUT2D eigenvalue weighted by atomic mass is 9.95. The molecule has 0 fully saturated rings. The lowest BCUT2D eigenvalue weighted by molar-refractivity contribution is -0.111. The van der Waals surface area contributed by atoms with Gasteiger partial charge in [0.25, 0.3) is 11.8 Å². The van der Waals surface area contributed by atoms with E-state index >= 15 is 0 Å². The van der Waals surface area contributed by atoms with Crippen LogP contribution in [0.4, 0.5) is 11.4 Å². The Bertz CT molecular complexity index is 1870. The van der Waals surface area contributed by atoms with Gasteiger partial charge in [-0.3, -0.25) is 19.1 Å². The lowest BCUT2D eigenvalue weighted by Crippen LogP contribution is -2.38. The third-order valence-electron chi connectivity index (χ3n) is 7.75. The van der Waals surface area contributed by atoms with Gasteiger partial charge in [-0.1, -0.05) is 49.9 Å². The zero-order chi connectivity index (χ0) is 30.1. The molecule has 0 saturated heterocycles. The molecule has 0 bridgehead atoms.